The molecule has 2 aliphatic rings. The van der Waals surface area contributed by atoms with Gasteiger partial charge in [0.2, 0.25) is 5.43 Å². The Morgan fingerprint density at radius 1 is 1.21 bits per heavy atom. The number of fused-ring (bicyclic) bond motifs is 1. The second-order valence-corrected chi connectivity index (χ2v) is 11.8. The van der Waals surface area contributed by atoms with E-state index in [1.54, 1.807) is 25.9 Å². The van der Waals surface area contributed by atoms with E-state index in [-0.39, 0.29) is 37.4 Å². The van der Waals surface area contributed by atoms with Gasteiger partial charge in [-0.25, -0.2) is 8.78 Å². The molecule has 2 aromatic rings. The maximum Gasteiger partial charge on any atom is 0.333 e. The topological polar surface area (TPSA) is 130 Å². The minimum Gasteiger partial charge on any atom is -0.502 e. The quantitative estimate of drug-likeness (QED) is 0.465. The monoisotopic (exact) mass is 568 g/mol. The standard InChI is InChI=1S/C25H31F2N4O7P/c1-5-37-39(36,38-6-2)17-9-10-25(12-17)29(3)24(35)20-22(33)21(32)18(14-31(20)30(25)4)23(34)28-13-15-7-8-16(26)11-19(15)27/h7-8,11,14,17,33H,5-6,9-10,12-13H2,1-4H3,(H,28,34)/t17-,25?/m1/s1. The summed E-state index contributed by atoms with van der Waals surface area (Å²) in [7, 11) is -0.344. The van der Waals surface area contributed by atoms with Crippen molar-refractivity contribution in [2.75, 3.05) is 32.3 Å². The zero-order chi connectivity index (χ0) is 28.7. The molecule has 2 atom stereocenters. The van der Waals surface area contributed by atoms with Crippen LogP contribution in [-0.4, -0.2) is 65.1 Å². The third-order valence-electron chi connectivity index (χ3n) is 7.43. The van der Waals surface area contributed by atoms with E-state index >= 15 is 0 Å². The molecule has 2 N–H and O–H groups in total. The van der Waals surface area contributed by atoms with E-state index in [0.29, 0.717) is 18.9 Å². The number of hydrogen-bond donors (Lipinski definition) is 2. The number of hydrogen-bond acceptors (Lipinski definition) is 8. The summed E-state index contributed by atoms with van der Waals surface area (Å²) in [6, 6.07) is 2.86. The zero-order valence-corrected chi connectivity index (χ0v) is 23.0. The average Bonchev–Trinajstić information content (AvgIpc) is 3.35. The number of pyridine rings is 1. The number of nitrogens with zero attached hydrogens (tertiary/aromatic N) is 3. The molecule has 1 spiro atoms. The molecule has 2 amide bonds. The maximum absolute atomic E-state index is 14.0. The molecule has 0 saturated heterocycles. The largest absolute Gasteiger partial charge is 0.502 e. The van der Waals surface area contributed by atoms with Crippen LogP contribution in [0.1, 0.15) is 59.5 Å². The molecule has 212 valence electrons. The molecule has 14 heteroatoms. The highest BCUT2D eigenvalue weighted by Gasteiger charge is 2.56. The summed E-state index contributed by atoms with van der Waals surface area (Å²) in [6.45, 7) is 3.45. The Labute approximate surface area is 223 Å². The lowest BCUT2D eigenvalue weighted by Crippen LogP contribution is -2.67. The molecule has 1 fully saturated rings. The minimum absolute atomic E-state index is 0.00932. The summed E-state index contributed by atoms with van der Waals surface area (Å²) < 4.78 is 53.0. The Kier molecular flexibility index (Phi) is 7.89. The Balaban J connectivity index is 1.68. The number of benzene rings is 1. The van der Waals surface area contributed by atoms with Crippen LogP contribution in [0.25, 0.3) is 0 Å². The van der Waals surface area contributed by atoms with E-state index in [2.05, 4.69) is 5.32 Å². The maximum atomic E-state index is 14.0. The number of carbonyl (C=O) groups is 2. The Hall–Kier alpha value is -3.28. The van der Waals surface area contributed by atoms with Crippen LogP contribution in [0.2, 0.25) is 0 Å². The summed E-state index contributed by atoms with van der Waals surface area (Å²) in [5, 5.41) is 14.7. The number of aromatic nitrogens is 1. The van der Waals surface area contributed by atoms with Gasteiger partial charge in [0.25, 0.3) is 11.8 Å². The molecule has 2 heterocycles. The fourth-order valence-electron chi connectivity index (χ4n) is 5.34. The number of nitrogens with one attached hydrogen (secondary N) is 1. The molecule has 4 rings (SSSR count). The number of aromatic hydroxyl groups is 1. The van der Waals surface area contributed by atoms with Crippen LogP contribution >= 0.6 is 7.60 Å². The first-order valence-corrected chi connectivity index (χ1v) is 14.1. The van der Waals surface area contributed by atoms with Gasteiger partial charge in [0, 0.05) is 44.9 Å². The van der Waals surface area contributed by atoms with Gasteiger partial charge in [-0.3, -0.25) is 28.6 Å². The van der Waals surface area contributed by atoms with Gasteiger partial charge >= 0.3 is 7.60 Å². The van der Waals surface area contributed by atoms with Gasteiger partial charge in [-0.15, -0.1) is 0 Å². The van der Waals surface area contributed by atoms with Gasteiger partial charge in [-0.05, 0) is 32.8 Å². The lowest BCUT2D eigenvalue weighted by molar-refractivity contribution is 0.0401. The number of halogens is 2. The number of carbonyl (C=O) groups excluding carboxylic acids is 2. The van der Waals surface area contributed by atoms with Crippen LogP contribution in [0, 0.1) is 11.6 Å². The highest BCUT2D eigenvalue weighted by Crippen LogP contribution is 2.61. The Bertz CT molecular complexity index is 1410. The second kappa shape index (κ2) is 10.7. The van der Waals surface area contributed by atoms with E-state index in [1.807, 2.05) is 0 Å². The van der Waals surface area contributed by atoms with Crippen molar-refractivity contribution in [1.82, 2.24) is 14.9 Å². The molecule has 0 bridgehead atoms. The van der Waals surface area contributed by atoms with Crippen LogP contribution < -0.4 is 15.8 Å². The fraction of sp³-hybridized carbons (Fsp3) is 0.480. The minimum atomic E-state index is -3.50. The number of rotatable bonds is 8. The van der Waals surface area contributed by atoms with Crippen molar-refractivity contribution in [1.29, 1.82) is 0 Å². The van der Waals surface area contributed by atoms with Gasteiger partial charge in [0.15, 0.2) is 11.4 Å². The lowest BCUT2D eigenvalue weighted by Gasteiger charge is -2.51. The molecule has 0 radical (unpaired) electrons. The molecule has 1 aliphatic carbocycles. The molecule has 39 heavy (non-hydrogen) atoms. The van der Waals surface area contributed by atoms with Crippen molar-refractivity contribution in [3.63, 3.8) is 0 Å². The zero-order valence-electron chi connectivity index (χ0n) is 22.1. The van der Waals surface area contributed by atoms with Crippen molar-refractivity contribution in [3.8, 4) is 5.75 Å². The average molecular weight is 569 g/mol. The van der Waals surface area contributed by atoms with E-state index < -0.39 is 59.1 Å². The first-order chi connectivity index (χ1) is 18.4. The van der Waals surface area contributed by atoms with E-state index in [4.69, 9.17) is 9.05 Å². The molecule has 1 aromatic carbocycles. The van der Waals surface area contributed by atoms with Gasteiger partial charge in [0.05, 0.1) is 18.9 Å². The first kappa shape index (κ1) is 28.7. The van der Waals surface area contributed by atoms with Crippen LogP contribution in [-0.2, 0) is 20.2 Å². The lowest BCUT2D eigenvalue weighted by atomic mass is 10.0. The van der Waals surface area contributed by atoms with E-state index in [9.17, 15) is 32.8 Å². The summed E-state index contributed by atoms with van der Waals surface area (Å²) in [5.41, 5.74) is -3.45. The highest BCUT2D eigenvalue weighted by atomic mass is 31.2. The van der Waals surface area contributed by atoms with Gasteiger partial charge in [-0.1, -0.05) is 6.07 Å². The normalized spacial score (nSPS) is 21.0. The van der Waals surface area contributed by atoms with Crippen LogP contribution in [0.5, 0.6) is 5.75 Å². The number of amides is 2. The summed E-state index contributed by atoms with van der Waals surface area (Å²) in [6.07, 6.45) is 2.13. The smallest absolute Gasteiger partial charge is 0.333 e. The van der Waals surface area contributed by atoms with Gasteiger partial charge < -0.3 is 24.4 Å². The van der Waals surface area contributed by atoms with E-state index in [0.717, 1.165) is 18.3 Å². The Morgan fingerprint density at radius 3 is 2.49 bits per heavy atom. The van der Waals surface area contributed by atoms with Crippen molar-refractivity contribution >= 4 is 19.4 Å². The van der Waals surface area contributed by atoms with Crippen molar-refractivity contribution in [2.45, 2.75) is 51.0 Å². The third kappa shape index (κ3) is 4.83. The molecule has 1 saturated carbocycles. The highest BCUT2D eigenvalue weighted by molar-refractivity contribution is 7.54. The molecule has 1 aromatic heterocycles. The molecule has 1 aliphatic heterocycles. The fourth-order valence-corrected chi connectivity index (χ4v) is 7.52. The molecule has 11 nitrogen and oxygen atoms in total. The first-order valence-electron chi connectivity index (χ1n) is 12.5. The SMILES string of the molecule is CCOP(=O)(OCC)[C@@H]1CCC2(C1)N(C)C(=O)c1c(O)c(=O)c(C(=O)NCc3ccc(F)cc3F)cn1N2C. The van der Waals surface area contributed by atoms with Crippen molar-refractivity contribution in [2.24, 2.45) is 0 Å². The molecular formula is C25H31F2N4O7P. The predicted molar refractivity (Wildman–Crippen MR) is 137 cm³/mol. The molecular weight excluding hydrogens is 537 g/mol. The van der Waals surface area contributed by atoms with Crippen molar-refractivity contribution < 1.29 is 37.1 Å². The van der Waals surface area contributed by atoms with Gasteiger partial charge in [-0.2, -0.15) is 0 Å². The Morgan fingerprint density at radius 2 is 1.87 bits per heavy atom. The van der Waals surface area contributed by atoms with Crippen molar-refractivity contribution in [3.05, 3.63) is 63.1 Å². The van der Waals surface area contributed by atoms with Crippen LogP contribution in [0.4, 0.5) is 8.78 Å². The van der Waals surface area contributed by atoms with Crippen LogP contribution in [0.3, 0.4) is 0 Å². The summed E-state index contributed by atoms with van der Waals surface area (Å²) >= 11 is 0. The third-order valence-corrected chi connectivity index (χ3v) is 10.00. The van der Waals surface area contributed by atoms with E-state index in [1.165, 1.54) is 16.6 Å². The second-order valence-electron chi connectivity index (χ2n) is 9.47. The predicted octanol–water partition coefficient (Wildman–Crippen LogP) is 2.93. The van der Waals surface area contributed by atoms with Crippen LogP contribution in [0.15, 0.2) is 29.2 Å². The summed E-state index contributed by atoms with van der Waals surface area (Å²) in [5.74, 6) is -4.16. The summed E-state index contributed by atoms with van der Waals surface area (Å²) in [4.78, 5) is 40.7. The van der Waals surface area contributed by atoms with Gasteiger partial charge in [0.1, 0.15) is 22.9 Å². The molecule has 1 unspecified atom stereocenters.